The summed E-state index contributed by atoms with van der Waals surface area (Å²) in [6.07, 6.45) is 2.13. The third-order valence-electron chi connectivity index (χ3n) is 7.26. The van der Waals surface area contributed by atoms with Gasteiger partial charge < -0.3 is 18.9 Å². The number of fused-ring (bicyclic) bond motifs is 5. The van der Waals surface area contributed by atoms with Crippen LogP contribution in [0.3, 0.4) is 0 Å². The van der Waals surface area contributed by atoms with E-state index in [0.29, 0.717) is 11.5 Å². The Kier molecular flexibility index (Phi) is 8.37. The average molecular weight is 547 g/mol. The van der Waals surface area contributed by atoms with Crippen LogP contribution in [0.1, 0.15) is 13.8 Å². The highest BCUT2D eigenvalue weighted by atomic mass is 16.7. The highest BCUT2D eigenvalue weighted by molar-refractivity contribution is 6.19. The summed E-state index contributed by atoms with van der Waals surface area (Å²) in [5, 5.41) is 5.45. The third-order valence-corrected chi connectivity index (χ3v) is 7.26. The summed E-state index contributed by atoms with van der Waals surface area (Å²) in [5.74, 6) is 2.18. The number of aryl methyl sites for hydroxylation is 1. The van der Waals surface area contributed by atoms with Gasteiger partial charge in [-0.05, 0) is 51.9 Å². The van der Waals surface area contributed by atoms with E-state index in [0.717, 1.165) is 49.3 Å². The van der Waals surface area contributed by atoms with Crippen molar-refractivity contribution in [3.63, 3.8) is 0 Å². The molecule has 0 N–H and O–H groups in total. The number of rotatable bonds is 7. The first kappa shape index (κ1) is 27.9. The van der Waals surface area contributed by atoms with Crippen molar-refractivity contribution in [2.45, 2.75) is 13.8 Å². The van der Waals surface area contributed by atoms with Crippen LogP contribution in [-0.4, -0.2) is 28.1 Å². The molecular weight excluding hydrogens is 510 g/mol. The van der Waals surface area contributed by atoms with Gasteiger partial charge in [0.2, 0.25) is 5.52 Å². The number of pyridine rings is 1. The monoisotopic (exact) mass is 546 g/mol. The summed E-state index contributed by atoms with van der Waals surface area (Å²) >= 11 is 0. The molecule has 0 bridgehead atoms. The SMILES string of the molecule is CC.COCOc1ccc2ccc3c4c(-c5ccc(-c6ccccc6)cc5)cc(OC)c(OC)c4c[n+](C)c3c2c1. The molecule has 0 unspecified atom stereocenters. The first-order valence-corrected chi connectivity index (χ1v) is 13.8. The molecule has 0 atom stereocenters. The molecule has 5 aromatic carbocycles. The van der Waals surface area contributed by atoms with Crippen molar-refractivity contribution in [1.82, 2.24) is 0 Å². The first-order valence-electron chi connectivity index (χ1n) is 13.8. The van der Waals surface area contributed by atoms with Crippen molar-refractivity contribution in [1.29, 1.82) is 0 Å². The second-order valence-electron chi connectivity index (χ2n) is 9.53. The quantitative estimate of drug-likeness (QED) is 0.115. The van der Waals surface area contributed by atoms with Gasteiger partial charge in [-0.3, -0.25) is 0 Å². The molecule has 0 aliphatic carbocycles. The predicted molar refractivity (Wildman–Crippen MR) is 168 cm³/mol. The summed E-state index contributed by atoms with van der Waals surface area (Å²) in [7, 11) is 7.06. The lowest BCUT2D eigenvalue weighted by atomic mass is 9.92. The van der Waals surface area contributed by atoms with Crippen LogP contribution in [0.4, 0.5) is 0 Å². The molecule has 0 spiro atoms. The Labute approximate surface area is 241 Å². The van der Waals surface area contributed by atoms with Gasteiger partial charge in [-0.1, -0.05) is 80.6 Å². The van der Waals surface area contributed by atoms with E-state index in [1.54, 1.807) is 21.3 Å². The van der Waals surface area contributed by atoms with E-state index in [2.05, 4.69) is 96.7 Å². The molecule has 6 rings (SSSR count). The van der Waals surface area contributed by atoms with E-state index < -0.39 is 0 Å². The standard InChI is InChI=1S/C34H30NO4.C2H6/c1-35-20-30-32(27-17-15-25-14-16-26(39-21-36-2)18-29(25)33(27)35)28(19-31(37-3)34(30)38-4)24-12-10-23(11-13-24)22-8-6-5-7-9-22;1-2/h5-20H,21H2,1-4H3;1-2H3/q+1;. The largest absolute Gasteiger partial charge is 0.493 e. The fourth-order valence-corrected chi connectivity index (χ4v) is 5.48. The minimum Gasteiger partial charge on any atom is -0.493 e. The molecule has 6 aromatic rings. The summed E-state index contributed by atoms with van der Waals surface area (Å²) in [6.45, 7) is 4.20. The minimum absolute atomic E-state index is 0.200. The molecule has 208 valence electrons. The average Bonchev–Trinajstić information content (AvgIpc) is 3.04. The summed E-state index contributed by atoms with van der Waals surface area (Å²) in [6, 6.07) is 31.7. The molecule has 1 aromatic heterocycles. The Morgan fingerprint density at radius 3 is 2.02 bits per heavy atom. The third kappa shape index (κ3) is 5.17. The van der Waals surface area contributed by atoms with Crippen LogP contribution in [0, 0.1) is 0 Å². The van der Waals surface area contributed by atoms with Crippen molar-refractivity contribution in [3.8, 4) is 39.5 Å². The van der Waals surface area contributed by atoms with E-state index in [1.807, 2.05) is 26.0 Å². The highest BCUT2D eigenvalue weighted by Crippen LogP contribution is 2.45. The molecule has 41 heavy (non-hydrogen) atoms. The Hall–Kier alpha value is -4.61. The molecule has 5 heteroatoms. The van der Waals surface area contributed by atoms with Gasteiger partial charge in [0.05, 0.1) is 30.4 Å². The Balaban J connectivity index is 0.00000165. The minimum atomic E-state index is 0.200. The van der Waals surface area contributed by atoms with Gasteiger partial charge in [0, 0.05) is 12.5 Å². The number of hydrogen-bond donors (Lipinski definition) is 0. The molecule has 0 amide bonds. The summed E-state index contributed by atoms with van der Waals surface area (Å²) in [4.78, 5) is 0. The van der Waals surface area contributed by atoms with Gasteiger partial charge in [0.15, 0.2) is 24.5 Å². The van der Waals surface area contributed by atoms with Gasteiger partial charge in [-0.15, -0.1) is 0 Å². The van der Waals surface area contributed by atoms with Crippen molar-refractivity contribution in [3.05, 3.63) is 97.2 Å². The van der Waals surface area contributed by atoms with Gasteiger partial charge in [-0.25, -0.2) is 0 Å². The van der Waals surface area contributed by atoms with Gasteiger partial charge in [-0.2, -0.15) is 4.57 Å². The van der Waals surface area contributed by atoms with Gasteiger partial charge >= 0.3 is 0 Å². The Bertz CT molecular complexity index is 1810. The lowest BCUT2D eigenvalue weighted by Crippen LogP contribution is -2.28. The van der Waals surface area contributed by atoms with Crippen LogP contribution < -0.4 is 18.8 Å². The predicted octanol–water partition coefficient (Wildman–Crippen LogP) is 8.33. The number of benzene rings is 5. The fourth-order valence-electron chi connectivity index (χ4n) is 5.48. The molecule has 0 fully saturated rings. The topological polar surface area (TPSA) is 40.8 Å². The van der Waals surface area contributed by atoms with Crippen molar-refractivity contribution >= 4 is 32.4 Å². The number of ether oxygens (including phenoxy) is 4. The van der Waals surface area contributed by atoms with Crippen LogP contribution in [0.15, 0.2) is 97.2 Å². The molecule has 0 aliphatic rings. The van der Waals surface area contributed by atoms with Crippen molar-refractivity contribution < 1.29 is 23.5 Å². The van der Waals surface area contributed by atoms with E-state index in [-0.39, 0.29) is 6.79 Å². The van der Waals surface area contributed by atoms with Crippen LogP contribution in [0.25, 0.3) is 54.7 Å². The number of aromatic nitrogens is 1. The number of methoxy groups -OCH3 is 3. The maximum absolute atomic E-state index is 5.90. The first-order chi connectivity index (χ1) is 20.1. The van der Waals surface area contributed by atoms with Crippen LogP contribution in [0.2, 0.25) is 0 Å². The van der Waals surface area contributed by atoms with Crippen LogP contribution in [-0.2, 0) is 11.8 Å². The van der Waals surface area contributed by atoms with Crippen LogP contribution >= 0.6 is 0 Å². The molecule has 1 heterocycles. The highest BCUT2D eigenvalue weighted by Gasteiger charge is 2.23. The van der Waals surface area contributed by atoms with E-state index in [4.69, 9.17) is 18.9 Å². The maximum atomic E-state index is 5.90. The molecule has 0 radical (unpaired) electrons. The van der Waals surface area contributed by atoms with Crippen LogP contribution in [0.5, 0.6) is 17.2 Å². The summed E-state index contributed by atoms with van der Waals surface area (Å²) in [5.41, 5.74) is 5.66. The zero-order valence-electron chi connectivity index (χ0n) is 24.5. The Morgan fingerprint density at radius 2 is 1.34 bits per heavy atom. The van der Waals surface area contributed by atoms with E-state index in [9.17, 15) is 0 Å². The summed E-state index contributed by atoms with van der Waals surface area (Å²) < 4.78 is 24.8. The lowest BCUT2D eigenvalue weighted by molar-refractivity contribution is -0.642. The number of hydrogen-bond acceptors (Lipinski definition) is 4. The zero-order chi connectivity index (χ0) is 28.9. The Morgan fingerprint density at radius 1 is 0.659 bits per heavy atom. The molecular formula is C36H36NO4+. The molecule has 0 aliphatic heterocycles. The normalized spacial score (nSPS) is 10.9. The van der Waals surface area contributed by atoms with E-state index in [1.165, 1.54) is 11.1 Å². The van der Waals surface area contributed by atoms with Gasteiger partial charge in [0.25, 0.3) is 0 Å². The fraction of sp³-hybridized carbons (Fsp3) is 0.194. The number of nitrogens with zero attached hydrogens (tertiary/aromatic N) is 1. The maximum Gasteiger partial charge on any atom is 0.220 e. The molecule has 0 saturated heterocycles. The van der Waals surface area contributed by atoms with Gasteiger partial charge in [0.1, 0.15) is 12.8 Å². The zero-order valence-corrected chi connectivity index (χ0v) is 24.5. The lowest BCUT2D eigenvalue weighted by Gasteiger charge is -2.17. The second kappa shape index (κ2) is 12.3. The molecule has 5 nitrogen and oxygen atoms in total. The second-order valence-corrected chi connectivity index (χ2v) is 9.53. The van der Waals surface area contributed by atoms with Crippen molar-refractivity contribution in [2.75, 3.05) is 28.1 Å². The molecule has 0 saturated carbocycles. The van der Waals surface area contributed by atoms with E-state index >= 15 is 0 Å². The van der Waals surface area contributed by atoms with Crippen molar-refractivity contribution in [2.24, 2.45) is 7.05 Å². The smallest absolute Gasteiger partial charge is 0.220 e.